The maximum absolute atomic E-state index is 14.6. The summed E-state index contributed by atoms with van der Waals surface area (Å²) in [5, 5.41) is 18.7. The Morgan fingerprint density at radius 3 is 2.47 bits per heavy atom. The predicted octanol–water partition coefficient (Wildman–Crippen LogP) is 5.33. The summed E-state index contributed by atoms with van der Waals surface area (Å²) in [5.74, 6) is -1.48. The van der Waals surface area contributed by atoms with Crippen molar-refractivity contribution >= 4 is 10.9 Å². The van der Waals surface area contributed by atoms with Gasteiger partial charge in [0.25, 0.3) is 0 Å². The van der Waals surface area contributed by atoms with Crippen LogP contribution in [0.2, 0.25) is 0 Å². The van der Waals surface area contributed by atoms with Crippen LogP contribution in [0.1, 0.15) is 11.1 Å². The number of nitrogens with zero attached hydrogens (tertiary/aromatic N) is 1. The van der Waals surface area contributed by atoms with Gasteiger partial charge < -0.3 is 14.8 Å². The summed E-state index contributed by atoms with van der Waals surface area (Å²) in [6, 6.07) is 17.2. The molecule has 30 heavy (non-hydrogen) atoms. The van der Waals surface area contributed by atoms with Crippen molar-refractivity contribution < 1.29 is 18.6 Å². The zero-order valence-electron chi connectivity index (χ0n) is 16.2. The lowest BCUT2D eigenvalue weighted by Gasteiger charge is -2.08. The third-order valence-corrected chi connectivity index (χ3v) is 4.93. The fourth-order valence-electron chi connectivity index (χ4n) is 3.55. The number of hydrogen-bond acceptors (Lipinski definition) is 3. The van der Waals surface area contributed by atoms with E-state index in [0.717, 1.165) is 39.7 Å². The van der Waals surface area contributed by atoms with Gasteiger partial charge in [0.2, 0.25) is 0 Å². The van der Waals surface area contributed by atoms with E-state index in [1.807, 2.05) is 37.3 Å². The Balaban J connectivity index is 1.74. The number of halogens is 2. The number of aromatic nitrogens is 1. The minimum atomic E-state index is -0.752. The van der Waals surface area contributed by atoms with Gasteiger partial charge in [-0.1, -0.05) is 12.1 Å². The Bertz CT molecular complexity index is 1270. The molecule has 0 spiro atoms. The first-order chi connectivity index (χ1) is 14.5. The number of aromatic amines is 1. The molecule has 6 heteroatoms. The van der Waals surface area contributed by atoms with Crippen LogP contribution in [0.5, 0.6) is 5.75 Å². The van der Waals surface area contributed by atoms with Gasteiger partial charge in [0, 0.05) is 23.0 Å². The van der Waals surface area contributed by atoms with E-state index in [4.69, 9.17) is 15.1 Å². The Morgan fingerprint density at radius 1 is 1.03 bits per heavy atom. The van der Waals surface area contributed by atoms with E-state index in [1.165, 1.54) is 0 Å². The lowest BCUT2D eigenvalue weighted by molar-refractivity contribution is 0.200. The Hall–Kier alpha value is -3.69. The number of hydrogen-bond donors (Lipinski definition) is 2. The van der Waals surface area contributed by atoms with E-state index in [2.05, 4.69) is 11.1 Å². The van der Waals surface area contributed by atoms with Crippen molar-refractivity contribution in [3.8, 4) is 34.2 Å². The van der Waals surface area contributed by atoms with E-state index >= 15 is 0 Å². The third-order valence-electron chi connectivity index (χ3n) is 4.93. The molecule has 0 radical (unpaired) electrons. The zero-order chi connectivity index (χ0) is 21.3. The molecule has 4 rings (SSSR count). The van der Waals surface area contributed by atoms with E-state index < -0.39 is 11.6 Å². The maximum atomic E-state index is 14.6. The predicted molar refractivity (Wildman–Crippen MR) is 111 cm³/mol. The molecule has 0 aliphatic rings. The van der Waals surface area contributed by atoms with Gasteiger partial charge in [-0.3, -0.25) is 0 Å². The SMILES string of the molecule is Cc1cc(C#N)ccc1-c1ccc2[nH]c(-c3c(F)cc(OCCO)cc3F)cc2c1. The zero-order valence-corrected chi connectivity index (χ0v) is 16.2. The van der Waals surface area contributed by atoms with Crippen LogP contribution in [0.4, 0.5) is 8.78 Å². The highest BCUT2D eigenvalue weighted by molar-refractivity contribution is 5.90. The number of aryl methyl sites for hydroxylation is 1. The molecule has 0 aliphatic carbocycles. The van der Waals surface area contributed by atoms with Crippen molar-refractivity contribution in [1.82, 2.24) is 4.98 Å². The molecule has 0 aliphatic heterocycles. The second-order valence-corrected chi connectivity index (χ2v) is 6.96. The number of nitriles is 1. The van der Waals surface area contributed by atoms with Crippen LogP contribution in [0, 0.1) is 29.9 Å². The van der Waals surface area contributed by atoms with Crippen LogP contribution in [-0.4, -0.2) is 23.3 Å². The van der Waals surface area contributed by atoms with E-state index in [1.54, 1.807) is 12.1 Å². The van der Waals surface area contributed by atoms with Crippen LogP contribution in [0.25, 0.3) is 33.3 Å². The van der Waals surface area contributed by atoms with E-state index in [9.17, 15) is 8.78 Å². The molecule has 2 N–H and O–H groups in total. The number of aliphatic hydroxyl groups is 1. The number of fused-ring (bicyclic) bond motifs is 1. The van der Waals surface area contributed by atoms with Gasteiger partial charge in [-0.15, -0.1) is 0 Å². The highest BCUT2D eigenvalue weighted by atomic mass is 19.1. The molecule has 1 heterocycles. The summed E-state index contributed by atoms with van der Waals surface area (Å²) in [4.78, 5) is 3.06. The van der Waals surface area contributed by atoms with Crippen molar-refractivity contribution in [2.45, 2.75) is 6.92 Å². The standard InChI is InChI=1S/C24H18F2N2O2/c1-14-8-15(13-27)2-4-19(14)16-3-5-22-17(9-16)10-23(28-22)24-20(25)11-18(12-21(24)26)30-7-6-29/h2-5,8-12,28-29H,6-7H2,1H3. The average molecular weight is 404 g/mol. The monoisotopic (exact) mass is 404 g/mol. The van der Waals surface area contributed by atoms with Gasteiger partial charge in [-0.05, 0) is 53.9 Å². The fourth-order valence-corrected chi connectivity index (χ4v) is 3.55. The highest BCUT2D eigenvalue weighted by Crippen LogP contribution is 2.33. The van der Waals surface area contributed by atoms with Crippen molar-refractivity contribution in [2.24, 2.45) is 0 Å². The molecule has 4 aromatic rings. The van der Waals surface area contributed by atoms with Gasteiger partial charge in [-0.2, -0.15) is 5.26 Å². The summed E-state index contributed by atoms with van der Waals surface area (Å²) in [7, 11) is 0. The normalized spacial score (nSPS) is 10.9. The van der Waals surface area contributed by atoms with Crippen LogP contribution >= 0.6 is 0 Å². The highest BCUT2D eigenvalue weighted by Gasteiger charge is 2.16. The fraction of sp³-hybridized carbons (Fsp3) is 0.125. The smallest absolute Gasteiger partial charge is 0.139 e. The van der Waals surface area contributed by atoms with Gasteiger partial charge in [0.1, 0.15) is 24.0 Å². The molecule has 0 unspecified atom stereocenters. The Kier molecular flexibility index (Phi) is 5.21. The molecule has 150 valence electrons. The molecule has 0 saturated heterocycles. The molecule has 0 amide bonds. The Labute approximate surface area is 172 Å². The van der Waals surface area contributed by atoms with Crippen LogP contribution < -0.4 is 4.74 Å². The number of rotatable bonds is 5. The first-order valence-corrected chi connectivity index (χ1v) is 9.37. The van der Waals surface area contributed by atoms with Crippen molar-refractivity contribution in [3.05, 3.63) is 77.4 Å². The quantitative estimate of drug-likeness (QED) is 0.472. The van der Waals surface area contributed by atoms with Crippen molar-refractivity contribution in [1.29, 1.82) is 5.26 Å². The van der Waals surface area contributed by atoms with E-state index in [-0.39, 0.29) is 24.5 Å². The van der Waals surface area contributed by atoms with Gasteiger partial charge in [0.05, 0.1) is 29.5 Å². The molecular formula is C24H18F2N2O2. The molecular weight excluding hydrogens is 386 g/mol. The molecule has 0 atom stereocenters. The molecule has 0 saturated carbocycles. The number of aliphatic hydroxyl groups excluding tert-OH is 1. The Morgan fingerprint density at radius 2 is 1.80 bits per heavy atom. The summed E-state index contributed by atoms with van der Waals surface area (Å²) in [6.45, 7) is 1.66. The first-order valence-electron chi connectivity index (χ1n) is 9.37. The summed E-state index contributed by atoms with van der Waals surface area (Å²) >= 11 is 0. The number of ether oxygens (including phenoxy) is 1. The van der Waals surface area contributed by atoms with Crippen LogP contribution in [0.15, 0.2) is 54.6 Å². The van der Waals surface area contributed by atoms with E-state index in [0.29, 0.717) is 11.3 Å². The van der Waals surface area contributed by atoms with Crippen molar-refractivity contribution in [2.75, 3.05) is 13.2 Å². The molecule has 1 aromatic heterocycles. The number of H-pyrrole nitrogens is 1. The minimum Gasteiger partial charge on any atom is -0.491 e. The third kappa shape index (κ3) is 3.63. The maximum Gasteiger partial charge on any atom is 0.139 e. The minimum absolute atomic E-state index is 0.0255. The molecule has 0 bridgehead atoms. The second kappa shape index (κ2) is 7.97. The van der Waals surface area contributed by atoms with Gasteiger partial charge >= 0.3 is 0 Å². The van der Waals surface area contributed by atoms with Crippen LogP contribution in [-0.2, 0) is 0 Å². The van der Waals surface area contributed by atoms with Gasteiger partial charge in [0.15, 0.2) is 0 Å². The topological polar surface area (TPSA) is 69.0 Å². The van der Waals surface area contributed by atoms with Crippen LogP contribution in [0.3, 0.4) is 0 Å². The summed E-state index contributed by atoms with van der Waals surface area (Å²) < 4.78 is 34.3. The molecule has 0 fully saturated rings. The molecule has 4 nitrogen and oxygen atoms in total. The largest absolute Gasteiger partial charge is 0.491 e. The average Bonchev–Trinajstić information content (AvgIpc) is 3.14. The van der Waals surface area contributed by atoms with Gasteiger partial charge in [-0.25, -0.2) is 8.78 Å². The second-order valence-electron chi connectivity index (χ2n) is 6.96. The number of benzene rings is 3. The number of nitrogens with one attached hydrogen (secondary N) is 1. The first kappa shape index (κ1) is 19.6. The summed E-state index contributed by atoms with van der Waals surface area (Å²) in [5.41, 5.74) is 4.41. The lowest BCUT2D eigenvalue weighted by atomic mass is 9.98. The summed E-state index contributed by atoms with van der Waals surface area (Å²) in [6.07, 6.45) is 0. The lowest BCUT2D eigenvalue weighted by Crippen LogP contribution is -2.03. The van der Waals surface area contributed by atoms with Crippen molar-refractivity contribution in [3.63, 3.8) is 0 Å². The molecule has 3 aromatic carbocycles.